The Morgan fingerprint density at radius 2 is 1.71 bits per heavy atom. The standard InChI is InChI=1S/C32H28N4O4S/c1-2-39-26-17-15-25(16-18-26)36-31(38)28-13-6-7-14-29(28)34-32(36)41-22-30(37)35-33-20-24-11-8-12-27(19-24)40-21-23-9-4-3-5-10-23/h3-20H,2,21-22H2,1H3,(H,35,37). The van der Waals surface area contributed by atoms with Gasteiger partial charge in [-0.1, -0.05) is 66.4 Å². The predicted molar refractivity (Wildman–Crippen MR) is 162 cm³/mol. The van der Waals surface area contributed by atoms with Crippen LogP contribution >= 0.6 is 11.8 Å². The van der Waals surface area contributed by atoms with E-state index in [-0.39, 0.29) is 17.2 Å². The molecule has 0 aliphatic carbocycles. The highest BCUT2D eigenvalue weighted by molar-refractivity contribution is 7.99. The number of carbonyl (C=O) groups is 1. The van der Waals surface area contributed by atoms with Crippen LogP contribution in [0.2, 0.25) is 0 Å². The van der Waals surface area contributed by atoms with Crippen molar-refractivity contribution < 1.29 is 14.3 Å². The fourth-order valence-corrected chi connectivity index (χ4v) is 4.87. The number of benzene rings is 4. The second kappa shape index (κ2) is 13.5. The molecule has 0 aliphatic rings. The van der Waals surface area contributed by atoms with Crippen molar-refractivity contribution in [2.24, 2.45) is 5.10 Å². The quantitative estimate of drug-likeness (QED) is 0.0971. The van der Waals surface area contributed by atoms with Gasteiger partial charge in [-0.25, -0.2) is 10.4 Å². The molecule has 0 aliphatic heterocycles. The van der Waals surface area contributed by atoms with Gasteiger partial charge >= 0.3 is 0 Å². The minimum absolute atomic E-state index is 0.0133. The Kier molecular flexibility index (Phi) is 9.08. The summed E-state index contributed by atoms with van der Waals surface area (Å²) in [6, 6.07) is 31.7. The minimum atomic E-state index is -0.330. The van der Waals surface area contributed by atoms with Crippen LogP contribution in [0.25, 0.3) is 16.6 Å². The summed E-state index contributed by atoms with van der Waals surface area (Å²) in [6.07, 6.45) is 1.56. The predicted octanol–water partition coefficient (Wildman–Crippen LogP) is 5.61. The van der Waals surface area contributed by atoms with Gasteiger partial charge in [0.05, 0.1) is 35.2 Å². The molecule has 1 aromatic heterocycles. The maximum atomic E-state index is 13.4. The zero-order valence-corrected chi connectivity index (χ0v) is 23.2. The maximum absolute atomic E-state index is 13.4. The molecule has 5 aromatic rings. The van der Waals surface area contributed by atoms with E-state index in [2.05, 4.69) is 15.5 Å². The molecule has 0 bridgehead atoms. The van der Waals surface area contributed by atoms with Crippen molar-refractivity contribution in [2.45, 2.75) is 18.7 Å². The molecule has 0 saturated heterocycles. The highest BCUT2D eigenvalue weighted by Crippen LogP contribution is 2.23. The smallest absolute Gasteiger partial charge is 0.266 e. The lowest BCUT2D eigenvalue weighted by molar-refractivity contribution is -0.118. The van der Waals surface area contributed by atoms with Gasteiger partial charge in [0, 0.05) is 0 Å². The summed E-state index contributed by atoms with van der Waals surface area (Å²) >= 11 is 1.16. The third kappa shape index (κ3) is 7.20. The fraction of sp³-hybridized carbons (Fsp3) is 0.125. The van der Waals surface area contributed by atoms with E-state index in [0.29, 0.717) is 46.5 Å². The van der Waals surface area contributed by atoms with E-state index >= 15 is 0 Å². The summed E-state index contributed by atoms with van der Waals surface area (Å²) in [5.41, 5.74) is 5.39. The van der Waals surface area contributed by atoms with Crippen molar-refractivity contribution in [1.82, 2.24) is 15.0 Å². The van der Waals surface area contributed by atoms with Gasteiger partial charge in [0.1, 0.15) is 18.1 Å². The fourth-order valence-electron chi connectivity index (χ4n) is 4.06. The van der Waals surface area contributed by atoms with Crippen molar-refractivity contribution in [3.05, 3.63) is 125 Å². The van der Waals surface area contributed by atoms with Crippen molar-refractivity contribution in [2.75, 3.05) is 12.4 Å². The average Bonchev–Trinajstić information content (AvgIpc) is 3.01. The summed E-state index contributed by atoms with van der Waals surface area (Å²) in [7, 11) is 0. The topological polar surface area (TPSA) is 94.8 Å². The summed E-state index contributed by atoms with van der Waals surface area (Å²) in [5.74, 6) is 1.09. The number of hydrogen-bond donors (Lipinski definition) is 1. The van der Waals surface area contributed by atoms with Crippen LogP contribution in [0.4, 0.5) is 0 Å². The molecule has 0 atom stereocenters. The molecule has 0 spiro atoms. The number of para-hydroxylation sites is 1. The molecule has 5 rings (SSSR count). The van der Waals surface area contributed by atoms with Crippen LogP contribution in [0.3, 0.4) is 0 Å². The van der Waals surface area contributed by atoms with Gasteiger partial charge in [-0.2, -0.15) is 5.10 Å². The molecule has 8 nitrogen and oxygen atoms in total. The van der Waals surface area contributed by atoms with Crippen molar-refractivity contribution in [3.63, 3.8) is 0 Å². The Labute approximate surface area is 241 Å². The Morgan fingerprint density at radius 3 is 2.51 bits per heavy atom. The molecular formula is C32H28N4O4S. The lowest BCUT2D eigenvalue weighted by Gasteiger charge is -2.13. The third-order valence-electron chi connectivity index (χ3n) is 5.99. The lowest BCUT2D eigenvalue weighted by Crippen LogP contribution is -2.24. The van der Waals surface area contributed by atoms with Crippen molar-refractivity contribution in [3.8, 4) is 17.2 Å². The second-order valence-electron chi connectivity index (χ2n) is 8.91. The van der Waals surface area contributed by atoms with Crippen molar-refractivity contribution in [1.29, 1.82) is 0 Å². The van der Waals surface area contributed by atoms with Crippen LogP contribution in [0.5, 0.6) is 11.5 Å². The first-order valence-corrected chi connectivity index (χ1v) is 14.1. The van der Waals surface area contributed by atoms with E-state index in [1.165, 1.54) is 4.57 Å². The highest BCUT2D eigenvalue weighted by Gasteiger charge is 2.15. The maximum Gasteiger partial charge on any atom is 0.266 e. The number of carbonyl (C=O) groups excluding carboxylic acids is 1. The zero-order valence-electron chi connectivity index (χ0n) is 22.4. The molecule has 9 heteroatoms. The van der Waals surface area contributed by atoms with Gasteiger partial charge in [0.25, 0.3) is 11.5 Å². The van der Waals surface area contributed by atoms with E-state index in [4.69, 9.17) is 9.47 Å². The molecule has 206 valence electrons. The normalized spacial score (nSPS) is 11.0. The van der Waals surface area contributed by atoms with Gasteiger partial charge in [-0.3, -0.25) is 14.2 Å². The van der Waals surface area contributed by atoms with Crippen LogP contribution in [0.15, 0.2) is 118 Å². The molecule has 41 heavy (non-hydrogen) atoms. The minimum Gasteiger partial charge on any atom is -0.494 e. The summed E-state index contributed by atoms with van der Waals surface area (Å²) in [5, 5.41) is 4.99. The number of rotatable bonds is 11. The van der Waals surface area contributed by atoms with Gasteiger partial charge < -0.3 is 9.47 Å². The number of amides is 1. The molecular weight excluding hydrogens is 536 g/mol. The number of hydrogen-bond acceptors (Lipinski definition) is 7. The highest BCUT2D eigenvalue weighted by atomic mass is 32.2. The Balaban J connectivity index is 1.25. The van der Waals surface area contributed by atoms with Gasteiger partial charge in [-0.15, -0.1) is 0 Å². The molecule has 0 saturated carbocycles. The van der Waals surface area contributed by atoms with Crippen LogP contribution in [-0.4, -0.2) is 34.0 Å². The number of nitrogens with zero attached hydrogens (tertiary/aromatic N) is 3. The number of hydrazone groups is 1. The number of aromatic nitrogens is 2. The van der Waals surface area contributed by atoms with Gasteiger partial charge in [0.15, 0.2) is 5.16 Å². The summed E-state index contributed by atoms with van der Waals surface area (Å²) in [6.45, 7) is 2.91. The Morgan fingerprint density at radius 1 is 0.927 bits per heavy atom. The van der Waals surface area contributed by atoms with E-state index in [0.717, 1.165) is 22.9 Å². The first kappa shape index (κ1) is 27.7. The van der Waals surface area contributed by atoms with Crippen LogP contribution in [-0.2, 0) is 11.4 Å². The molecule has 4 aromatic carbocycles. The van der Waals surface area contributed by atoms with E-state index in [9.17, 15) is 9.59 Å². The first-order chi connectivity index (χ1) is 20.1. The number of ether oxygens (including phenoxy) is 2. The molecule has 1 heterocycles. The van der Waals surface area contributed by atoms with E-state index in [1.807, 2.05) is 67.6 Å². The Hall–Kier alpha value is -4.89. The molecule has 1 amide bonds. The van der Waals surface area contributed by atoms with Crippen molar-refractivity contribution >= 4 is 34.8 Å². The summed E-state index contributed by atoms with van der Waals surface area (Å²) in [4.78, 5) is 30.8. The van der Waals surface area contributed by atoms with Gasteiger partial charge in [-0.05, 0) is 66.6 Å². The summed E-state index contributed by atoms with van der Waals surface area (Å²) < 4.78 is 12.9. The number of thioether (sulfide) groups is 1. The molecule has 1 N–H and O–H groups in total. The van der Waals surface area contributed by atoms with Gasteiger partial charge in [0.2, 0.25) is 0 Å². The van der Waals surface area contributed by atoms with E-state index < -0.39 is 0 Å². The molecule has 0 fully saturated rings. The first-order valence-electron chi connectivity index (χ1n) is 13.1. The lowest BCUT2D eigenvalue weighted by atomic mass is 10.2. The SMILES string of the molecule is CCOc1ccc(-n2c(SCC(=O)NN=Cc3cccc(OCc4ccccc4)c3)nc3ccccc3c2=O)cc1. The largest absolute Gasteiger partial charge is 0.494 e. The number of fused-ring (bicyclic) bond motifs is 1. The second-order valence-corrected chi connectivity index (χ2v) is 9.85. The molecule has 0 unspecified atom stereocenters. The number of nitrogens with one attached hydrogen (secondary N) is 1. The molecule has 0 radical (unpaired) electrons. The van der Waals surface area contributed by atoms with Crippen LogP contribution < -0.4 is 20.5 Å². The zero-order chi connectivity index (χ0) is 28.4. The third-order valence-corrected chi connectivity index (χ3v) is 6.93. The monoisotopic (exact) mass is 564 g/mol. The van der Waals surface area contributed by atoms with Crippen LogP contribution in [0.1, 0.15) is 18.1 Å². The average molecular weight is 565 g/mol. The van der Waals surface area contributed by atoms with E-state index in [1.54, 1.807) is 48.7 Å². The Bertz CT molecular complexity index is 1720. The van der Waals surface area contributed by atoms with Crippen LogP contribution in [0, 0.1) is 0 Å².